The molecule has 0 spiro atoms. The molecule has 2 aromatic carbocycles. The molecule has 1 N–H and O–H groups in total. The van der Waals surface area contributed by atoms with Crippen molar-refractivity contribution in [2.45, 2.75) is 18.9 Å². The molecule has 5 rings (SSSR count). The van der Waals surface area contributed by atoms with Gasteiger partial charge in [-0.2, -0.15) is 0 Å². The predicted octanol–water partition coefficient (Wildman–Crippen LogP) is 3.44. The highest BCUT2D eigenvalue weighted by molar-refractivity contribution is 6.04. The molecule has 6 nitrogen and oxygen atoms in total. The summed E-state index contributed by atoms with van der Waals surface area (Å²) in [6, 6.07) is 13.9. The van der Waals surface area contributed by atoms with Crippen LogP contribution in [0.15, 0.2) is 42.5 Å². The van der Waals surface area contributed by atoms with Crippen LogP contribution in [0.2, 0.25) is 0 Å². The van der Waals surface area contributed by atoms with Crippen LogP contribution in [0.3, 0.4) is 0 Å². The van der Waals surface area contributed by atoms with Crippen molar-refractivity contribution in [1.82, 2.24) is 0 Å². The number of fused-ring (bicyclic) bond motifs is 4. The topological polar surface area (TPSA) is 54.0 Å². The van der Waals surface area contributed by atoms with Crippen molar-refractivity contribution >= 4 is 23.1 Å². The number of nitrogens with zero attached hydrogens (tertiary/aromatic N) is 2. The number of hydrogen-bond donors (Lipinski definition) is 1. The first kappa shape index (κ1) is 14.5. The number of benzene rings is 2. The number of ether oxygens (including phenoxy) is 2. The van der Waals surface area contributed by atoms with E-state index in [4.69, 9.17) is 9.47 Å². The third kappa shape index (κ3) is 2.36. The van der Waals surface area contributed by atoms with Gasteiger partial charge in [0.2, 0.25) is 6.79 Å². The fraction of sp³-hybridized carbons (Fsp3) is 0.316. The van der Waals surface area contributed by atoms with Gasteiger partial charge in [0.15, 0.2) is 11.5 Å². The van der Waals surface area contributed by atoms with Gasteiger partial charge in [0, 0.05) is 30.9 Å². The zero-order valence-electron chi connectivity index (χ0n) is 13.8. The average molecular weight is 337 g/mol. The number of carbonyl (C=O) groups excluding carboxylic acids is 1. The van der Waals surface area contributed by atoms with E-state index in [0.29, 0.717) is 29.8 Å². The SMILES string of the molecule is O=C(Nc1ccc2c(c1)OCO2)N1C[C@@H]2CCCN2c2ccccc21. The first-order chi connectivity index (χ1) is 12.3. The van der Waals surface area contributed by atoms with Crippen molar-refractivity contribution in [3.63, 3.8) is 0 Å². The Balaban J connectivity index is 1.42. The maximum atomic E-state index is 12.9. The Morgan fingerprint density at radius 1 is 1.08 bits per heavy atom. The molecule has 0 bridgehead atoms. The van der Waals surface area contributed by atoms with E-state index >= 15 is 0 Å². The van der Waals surface area contributed by atoms with E-state index in [0.717, 1.165) is 24.3 Å². The highest BCUT2D eigenvalue weighted by Crippen LogP contribution is 2.40. The molecule has 1 saturated heterocycles. The highest BCUT2D eigenvalue weighted by atomic mass is 16.7. The van der Waals surface area contributed by atoms with E-state index in [1.165, 1.54) is 6.42 Å². The van der Waals surface area contributed by atoms with Gasteiger partial charge in [-0.3, -0.25) is 4.90 Å². The molecule has 2 amide bonds. The Morgan fingerprint density at radius 3 is 2.84 bits per heavy atom. The lowest BCUT2D eigenvalue weighted by Gasteiger charge is -2.40. The lowest BCUT2D eigenvalue weighted by Crippen LogP contribution is -2.49. The first-order valence-corrected chi connectivity index (χ1v) is 8.63. The molecule has 3 aliphatic rings. The summed E-state index contributed by atoms with van der Waals surface area (Å²) in [7, 11) is 0. The Hall–Kier alpha value is -2.89. The fourth-order valence-electron chi connectivity index (χ4n) is 3.94. The van der Waals surface area contributed by atoms with Crippen LogP contribution in [-0.4, -0.2) is 32.0 Å². The van der Waals surface area contributed by atoms with Crippen LogP contribution in [0.1, 0.15) is 12.8 Å². The number of nitrogens with one attached hydrogen (secondary N) is 1. The zero-order chi connectivity index (χ0) is 16.8. The summed E-state index contributed by atoms with van der Waals surface area (Å²) < 4.78 is 10.7. The van der Waals surface area contributed by atoms with Crippen molar-refractivity contribution < 1.29 is 14.3 Å². The minimum Gasteiger partial charge on any atom is -0.454 e. The van der Waals surface area contributed by atoms with Gasteiger partial charge in [0.1, 0.15) is 0 Å². The van der Waals surface area contributed by atoms with Crippen LogP contribution in [0.25, 0.3) is 0 Å². The van der Waals surface area contributed by atoms with Crippen molar-refractivity contribution in [3.05, 3.63) is 42.5 Å². The quantitative estimate of drug-likeness (QED) is 0.866. The average Bonchev–Trinajstić information content (AvgIpc) is 3.29. The number of rotatable bonds is 1. The smallest absolute Gasteiger partial charge is 0.326 e. The second-order valence-electron chi connectivity index (χ2n) is 6.59. The molecule has 3 heterocycles. The van der Waals surface area contributed by atoms with Gasteiger partial charge >= 0.3 is 6.03 Å². The molecule has 0 aliphatic carbocycles. The Morgan fingerprint density at radius 2 is 1.92 bits per heavy atom. The second-order valence-corrected chi connectivity index (χ2v) is 6.59. The Kier molecular flexibility index (Phi) is 3.23. The van der Waals surface area contributed by atoms with Crippen LogP contribution in [-0.2, 0) is 0 Å². The van der Waals surface area contributed by atoms with Crippen LogP contribution >= 0.6 is 0 Å². The van der Waals surface area contributed by atoms with Gasteiger partial charge in [-0.25, -0.2) is 4.79 Å². The third-order valence-electron chi connectivity index (χ3n) is 5.12. The lowest BCUT2D eigenvalue weighted by molar-refractivity contribution is 0.174. The molecule has 0 radical (unpaired) electrons. The minimum atomic E-state index is -0.113. The zero-order valence-corrected chi connectivity index (χ0v) is 13.8. The van der Waals surface area contributed by atoms with Crippen LogP contribution in [0, 0.1) is 0 Å². The van der Waals surface area contributed by atoms with E-state index in [-0.39, 0.29) is 12.8 Å². The van der Waals surface area contributed by atoms with E-state index in [1.807, 2.05) is 35.2 Å². The fourth-order valence-corrected chi connectivity index (χ4v) is 3.94. The second kappa shape index (κ2) is 5.58. The number of anilines is 3. The van der Waals surface area contributed by atoms with Gasteiger partial charge in [-0.1, -0.05) is 12.1 Å². The van der Waals surface area contributed by atoms with Gasteiger partial charge in [0.05, 0.1) is 11.4 Å². The van der Waals surface area contributed by atoms with E-state index in [1.54, 1.807) is 6.07 Å². The monoisotopic (exact) mass is 337 g/mol. The van der Waals surface area contributed by atoms with Crippen LogP contribution in [0.5, 0.6) is 11.5 Å². The molecular weight excluding hydrogens is 318 g/mol. The third-order valence-corrected chi connectivity index (χ3v) is 5.12. The standard InChI is InChI=1S/C19H19N3O3/c23-19(20-13-7-8-17-18(10-13)25-12-24-17)22-11-14-4-3-9-21(14)15-5-1-2-6-16(15)22/h1-2,5-8,10,14H,3-4,9,11-12H2,(H,20,23)/t14-/m0/s1. The summed E-state index contributed by atoms with van der Waals surface area (Å²) in [5, 5.41) is 3.00. The summed E-state index contributed by atoms with van der Waals surface area (Å²) in [4.78, 5) is 17.2. The van der Waals surface area contributed by atoms with Crippen molar-refractivity contribution in [3.8, 4) is 11.5 Å². The lowest BCUT2D eigenvalue weighted by atomic mass is 10.1. The summed E-state index contributed by atoms with van der Waals surface area (Å²) in [6.07, 6.45) is 2.30. The van der Waals surface area contributed by atoms with E-state index < -0.39 is 0 Å². The Bertz CT molecular complexity index is 838. The molecule has 0 saturated carbocycles. The van der Waals surface area contributed by atoms with Gasteiger partial charge in [-0.05, 0) is 37.1 Å². The van der Waals surface area contributed by atoms with E-state index in [9.17, 15) is 4.79 Å². The molecule has 128 valence electrons. The van der Waals surface area contributed by atoms with Crippen molar-refractivity contribution in [2.75, 3.05) is 35.0 Å². The number of amides is 2. The van der Waals surface area contributed by atoms with Crippen molar-refractivity contribution in [1.29, 1.82) is 0 Å². The van der Waals surface area contributed by atoms with Crippen LogP contribution < -0.4 is 24.6 Å². The molecular formula is C19H19N3O3. The number of urea groups is 1. The molecule has 0 aromatic heterocycles. The molecule has 25 heavy (non-hydrogen) atoms. The first-order valence-electron chi connectivity index (χ1n) is 8.63. The molecule has 0 unspecified atom stereocenters. The number of hydrogen-bond acceptors (Lipinski definition) is 4. The maximum Gasteiger partial charge on any atom is 0.326 e. The van der Waals surface area contributed by atoms with Crippen LogP contribution in [0.4, 0.5) is 21.9 Å². The van der Waals surface area contributed by atoms with E-state index in [2.05, 4.69) is 16.3 Å². The highest BCUT2D eigenvalue weighted by Gasteiger charge is 2.36. The number of para-hydroxylation sites is 2. The van der Waals surface area contributed by atoms with Gasteiger partial charge in [0.25, 0.3) is 0 Å². The van der Waals surface area contributed by atoms with Gasteiger partial charge in [-0.15, -0.1) is 0 Å². The molecule has 1 fully saturated rings. The Labute approximate surface area is 145 Å². The molecule has 3 aliphatic heterocycles. The summed E-state index contributed by atoms with van der Waals surface area (Å²) in [5.41, 5.74) is 2.83. The summed E-state index contributed by atoms with van der Waals surface area (Å²) in [5.74, 6) is 1.38. The minimum absolute atomic E-state index is 0.113. The predicted molar refractivity (Wildman–Crippen MR) is 95.7 cm³/mol. The molecule has 1 atom stereocenters. The normalized spacial score (nSPS) is 20.2. The summed E-state index contributed by atoms with van der Waals surface area (Å²) >= 11 is 0. The van der Waals surface area contributed by atoms with Gasteiger partial charge < -0.3 is 19.7 Å². The molecule has 6 heteroatoms. The molecule has 2 aromatic rings. The summed E-state index contributed by atoms with van der Waals surface area (Å²) in [6.45, 7) is 2.01. The largest absolute Gasteiger partial charge is 0.454 e. The maximum absolute atomic E-state index is 12.9. The van der Waals surface area contributed by atoms with Crippen molar-refractivity contribution in [2.24, 2.45) is 0 Å². The number of carbonyl (C=O) groups is 1.